The van der Waals surface area contributed by atoms with Gasteiger partial charge in [-0.05, 0) is 51.7 Å². The zero-order valence-electron chi connectivity index (χ0n) is 14.2. The summed E-state index contributed by atoms with van der Waals surface area (Å²) < 4.78 is 1.99. The summed E-state index contributed by atoms with van der Waals surface area (Å²) >= 11 is 0. The molecule has 4 nitrogen and oxygen atoms in total. The molecule has 1 aromatic carbocycles. The lowest BCUT2D eigenvalue weighted by Crippen LogP contribution is -2.33. The second-order valence-electron chi connectivity index (χ2n) is 6.59. The highest BCUT2D eigenvalue weighted by Crippen LogP contribution is 2.27. The van der Waals surface area contributed by atoms with Crippen LogP contribution in [0, 0.1) is 0 Å². The second-order valence-corrected chi connectivity index (χ2v) is 6.59. The van der Waals surface area contributed by atoms with E-state index in [0.717, 1.165) is 30.5 Å². The number of benzene rings is 1. The largest absolute Gasteiger partial charge is 0.338 e. The minimum absolute atomic E-state index is 0.0350. The molecule has 0 atom stereocenters. The number of para-hydroxylation sites is 1. The summed E-state index contributed by atoms with van der Waals surface area (Å²) in [5, 5.41) is 4.73. The Bertz CT molecular complexity index is 688. The van der Waals surface area contributed by atoms with Crippen LogP contribution in [0.15, 0.2) is 30.3 Å². The first kappa shape index (κ1) is 15.8. The molecule has 0 bridgehead atoms. The average Bonchev–Trinajstić information content (AvgIpc) is 2.75. The molecule has 0 N–H and O–H groups in total. The highest BCUT2D eigenvalue weighted by Gasteiger charge is 2.27. The van der Waals surface area contributed by atoms with Crippen LogP contribution in [0.25, 0.3) is 5.69 Å². The lowest BCUT2D eigenvalue weighted by Gasteiger charge is -2.20. The first-order valence-corrected chi connectivity index (χ1v) is 8.53. The Morgan fingerprint density at radius 1 is 1.13 bits per heavy atom. The summed E-state index contributed by atoms with van der Waals surface area (Å²) in [5.74, 6) is 0.0350. The first-order chi connectivity index (χ1) is 11.1. The second kappa shape index (κ2) is 6.57. The van der Waals surface area contributed by atoms with Crippen LogP contribution in [-0.4, -0.2) is 33.7 Å². The van der Waals surface area contributed by atoms with Gasteiger partial charge in [0.2, 0.25) is 0 Å². The van der Waals surface area contributed by atoms with Gasteiger partial charge in [-0.1, -0.05) is 24.6 Å². The third kappa shape index (κ3) is 3.03. The van der Waals surface area contributed by atoms with E-state index in [-0.39, 0.29) is 11.9 Å². The van der Waals surface area contributed by atoms with Gasteiger partial charge in [0.25, 0.3) is 5.91 Å². The standard InChI is InChI=1S/C19H25N3O/c1-14(2)21(3)19(23)18-16-12-8-5-9-13-17(16)22(20-18)15-10-6-4-7-11-15/h4,6-7,10-11,14H,5,8-9,12-13H2,1-3H3. The fraction of sp³-hybridized carbons (Fsp3) is 0.474. The van der Waals surface area contributed by atoms with Crippen LogP contribution in [-0.2, 0) is 12.8 Å². The van der Waals surface area contributed by atoms with Crippen molar-refractivity contribution in [1.82, 2.24) is 14.7 Å². The predicted octanol–water partition coefficient (Wildman–Crippen LogP) is 3.62. The van der Waals surface area contributed by atoms with Crippen molar-refractivity contribution >= 4 is 5.91 Å². The van der Waals surface area contributed by atoms with Crippen LogP contribution in [0.3, 0.4) is 0 Å². The Labute approximate surface area is 138 Å². The van der Waals surface area contributed by atoms with Gasteiger partial charge in [-0.3, -0.25) is 4.79 Å². The van der Waals surface area contributed by atoms with Crippen LogP contribution < -0.4 is 0 Å². The summed E-state index contributed by atoms with van der Waals surface area (Å²) in [4.78, 5) is 14.6. The summed E-state index contributed by atoms with van der Waals surface area (Å²) in [6.45, 7) is 4.07. The maximum absolute atomic E-state index is 12.9. The van der Waals surface area contributed by atoms with Crippen molar-refractivity contribution in [3.63, 3.8) is 0 Å². The van der Waals surface area contributed by atoms with Crippen LogP contribution >= 0.6 is 0 Å². The number of carbonyl (C=O) groups excluding carboxylic acids is 1. The third-order valence-corrected chi connectivity index (χ3v) is 4.73. The Hall–Kier alpha value is -2.10. The molecule has 0 radical (unpaired) electrons. The van der Waals surface area contributed by atoms with Crippen molar-refractivity contribution in [2.24, 2.45) is 0 Å². The molecule has 0 saturated carbocycles. The van der Waals surface area contributed by atoms with Crippen LogP contribution in [0.4, 0.5) is 0 Å². The van der Waals surface area contributed by atoms with Crippen molar-refractivity contribution in [3.8, 4) is 5.69 Å². The molecule has 1 amide bonds. The molecule has 1 aromatic heterocycles. The Morgan fingerprint density at radius 2 is 1.83 bits per heavy atom. The van der Waals surface area contributed by atoms with E-state index < -0.39 is 0 Å². The highest BCUT2D eigenvalue weighted by molar-refractivity contribution is 5.94. The molecule has 0 fully saturated rings. The predicted molar refractivity (Wildman–Crippen MR) is 92.1 cm³/mol. The van der Waals surface area contributed by atoms with Crippen molar-refractivity contribution in [2.75, 3.05) is 7.05 Å². The zero-order valence-corrected chi connectivity index (χ0v) is 14.2. The Kier molecular flexibility index (Phi) is 4.51. The van der Waals surface area contributed by atoms with Crippen LogP contribution in [0.5, 0.6) is 0 Å². The normalized spacial score (nSPS) is 14.4. The number of rotatable bonds is 3. The molecule has 0 unspecified atom stereocenters. The smallest absolute Gasteiger partial charge is 0.274 e. The van der Waals surface area contributed by atoms with Crippen molar-refractivity contribution in [3.05, 3.63) is 47.3 Å². The highest BCUT2D eigenvalue weighted by atomic mass is 16.2. The number of aromatic nitrogens is 2. The molecule has 0 saturated heterocycles. The van der Waals surface area contributed by atoms with Crippen molar-refractivity contribution in [1.29, 1.82) is 0 Å². The number of fused-ring (bicyclic) bond motifs is 1. The maximum atomic E-state index is 12.9. The molecule has 4 heteroatoms. The SMILES string of the molecule is CC(C)N(C)C(=O)c1nn(-c2ccccc2)c2c1CCCCC2. The van der Waals surface area contributed by atoms with Crippen molar-refractivity contribution in [2.45, 2.75) is 52.0 Å². The number of carbonyl (C=O) groups is 1. The maximum Gasteiger partial charge on any atom is 0.274 e. The fourth-order valence-corrected chi connectivity index (χ4v) is 3.13. The zero-order chi connectivity index (χ0) is 16.4. The summed E-state index contributed by atoms with van der Waals surface area (Å²) in [6, 6.07) is 10.3. The summed E-state index contributed by atoms with van der Waals surface area (Å²) in [5.41, 5.74) is 4.05. The molecule has 122 valence electrons. The first-order valence-electron chi connectivity index (χ1n) is 8.53. The Balaban J connectivity index is 2.10. The molecule has 23 heavy (non-hydrogen) atoms. The monoisotopic (exact) mass is 311 g/mol. The van der Waals surface area contributed by atoms with Gasteiger partial charge in [0.15, 0.2) is 5.69 Å². The average molecular weight is 311 g/mol. The molecule has 1 aliphatic carbocycles. The van der Waals surface area contributed by atoms with Gasteiger partial charge in [0.1, 0.15) is 0 Å². The molecule has 0 aliphatic heterocycles. The number of hydrogen-bond donors (Lipinski definition) is 0. The van der Waals surface area contributed by atoms with Gasteiger partial charge < -0.3 is 4.90 Å². The molecule has 0 spiro atoms. The lowest BCUT2D eigenvalue weighted by atomic mass is 10.1. The summed E-state index contributed by atoms with van der Waals surface area (Å²) in [7, 11) is 1.86. The van der Waals surface area contributed by atoms with Gasteiger partial charge >= 0.3 is 0 Å². The molecular formula is C19H25N3O. The van der Waals surface area contributed by atoms with Gasteiger partial charge in [-0.25, -0.2) is 4.68 Å². The Morgan fingerprint density at radius 3 is 2.52 bits per heavy atom. The van der Waals surface area contributed by atoms with Gasteiger partial charge in [-0.15, -0.1) is 0 Å². The van der Waals surface area contributed by atoms with E-state index in [4.69, 9.17) is 5.10 Å². The van der Waals surface area contributed by atoms with Gasteiger partial charge in [0.05, 0.1) is 5.69 Å². The number of amides is 1. The van der Waals surface area contributed by atoms with E-state index in [2.05, 4.69) is 12.1 Å². The molecular weight excluding hydrogens is 286 g/mol. The van der Waals surface area contributed by atoms with E-state index in [1.807, 2.05) is 43.8 Å². The van der Waals surface area contributed by atoms with E-state index in [1.165, 1.54) is 18.5 Å². The summed E-state index contributed by atoms with van der Waals surface area (Å²) in [6.07, 6.45) is 5.47. The van der Waals surface area contributed by atoms with E-state index in [1.54, 1.807) is 4.90 Å². The topological polar surface area (TPSA) is 38.1 Å². The van der Waals surface area contributed by atoms with E-state index >= 15 is 0 Å². The van der Waals surface area contributed by atoms with Gasteiger partial charge in [0, 0.05) is 24.3 Å². The number of hydrogen-bond acceptors (Lipinski definition) is 2. The van der Waals surface area contributed by atoms with E-state index in [0.29, 0.717) is 5.69 Å². The molecule has 2 aromatic rings. The van der Waals surface area contributed by atoms with Crippen LogP contribution in [0.2, 0.25) is 0 Å². The van der Waals surface area contributed by atoms with Crippen molar-refractivity contribution < 1.29 is 4.79 Å². The minimum atomic E-state index is 0.0350. The molecule has 3 rings (SSSR count). The van der Waals surface area contributed by atoms with Crippen LogP contribution in [0.1, 0.15) is 54.9 Å². The molecule has 1 heterocycles. The third-order valence-electron chi connectivity index (χ3n) is 4.73. The lowest BCUT2D eigenvalue weighted by molar-refractivity contribution is 0.0747. The molecule has 1 aliphatic rings. The fourth-order valence-electron chi connectivity index (χ4n) is 3.13. The van der Waals surface area contributed by atoms with Gasteiger partial charge in [-0.2, -0.15) is 5.10 Å². The minimum Gasteiger partial charge on any atom is -0.338 e. The quantitative estimate of drug-likeness (QED) is 0.812. The number of nitrogens with zero attached hydrogens (tertiary/aromatic N) is 3. The van der Waals surface area contributed by atoms with E-state index in [9.17, 15) is 4.79 Å².